The van der Waals surface area contributed by atoms with E-state index in [0.717, 1.165) is 18.4 Å². The zero-order valence-corrected chi connectivity index (χ0v) is 17.3. The predicted molar refractivity (Wildman–Crippen MR) is 110 cm³/mol. The van der Waals surface area contributed by atoms with Crippen molar-refractivity contribution in [1.82, 2.24) is 10.2 Å². The average Bonchev–Trinajstić information content (AvgIpc) is 2.57. The summed E-state index contributed by atoms with van der Waals surface area (Å²) in [6.45, 7) is 1.09. The summed E-state index contributed by atoms with van der Waals surface area (Å²) in [5.74, 6) is -0.182. The number of rotatable bonds is 7. The van der Waals surface area contributed by atoms with E-state index in [0.29, 0.717) is 19.5 Å². The van der Waals surface area contributed by atoms with Gasteiger partial charge < -0.3 is 16.0 Å². The minimum absolute atomic E-state index is 0. The van der Waals surface area contributed by atoms with Crippen LogP contribution >= 0.6 is 24.8 Å². The molecule has 7 heteroatoms. The highest BCUT2D eigenvalue weighted by molar-refractivity contribution is 5.85. The van der Waals surface area contributed by atoms with E-state index in [1.165, 1.54) is 31.4 Å². The SMILES string of the molecule is CN(C)C(CNC(=O)CC1(CN)CCCCC1)c1ccc(F)cc1.Cl.Cl. The number of nitrogens with one attached hydrogen (secondary N) is 1. The molecule has 1 aliphatic carbocycles. The molecule has 1 fully saturated rings. The molecule has 0 radical (unpaired) electrons. The largest absolute Gasteiger partial charge is 0.354 e. The van der Waals surface area contributed by atoms with Crippen molar-refractivity contribution >= 4 is 30.7 Å². The van der Waals surface area contributed by atoms with Gasteiger partial charge in [-0.3, -0.25) is 4.79 Å². The smallest absolute Gasteiger partial charge is 0.220 e. The minimum Gasteiger partial charge on any atom is -0.354 e. The van der Waals surface area contributed by atoms with Crippen LogP contribution in [0.4, 0.5) is 4.39 Å². The molecule has 150 valence electrons. The normalized spacial score (nSPS) is 17.0. The molecule has 0 aromatic heterocycles. The summed E-state index contributed by atoms with van der Waals surface area (Å²) in [7, 11) is 3.92. The number of amides is 1. The van der Waals surface area contributed by atoms with Gasteiger partial charge in [0, 0.05) is 13.0 Å². The summed E-state index contributed by atoms with van der Waals surface area (Å²) in [5, 5.41) is 3.05. The van der Waals surface area contributed by atoms with Crippen LogP contribution in [0.3, 0.4) is 0 Å². The fourth-order valence-electron chi connectivity index (χ4n) is 3.65. The van der Waals surface area contributed by atoms with Gasteiger partial charge in [0.15, 0.2) is 0 Å². The van der Waals surface area contributed by atoms with E-state index in [1.807, 2.05) is 19.0 Å². The Kier molecular flexibility index (Phi) is 11.4. The predicted octanol–water partition coefficient (Wildman–Crippen LogP) is 3.69. The van der Waals surface area contributed by atoms with Crippen molar-refractivity contribution in [2.24, 2.45) is 11.1 Å². The number of halogens is 3. The van der Waals surface area contributed by atoms with Gasteiger partial charge in [-0.25, -0.2) is 4.39 Å². The first kappa shape index (κ1) is 25.1. The van der Waals surface area contributed by atoms with Crippen LogP contribution in [0.2, 0.25) is 0 Å². The standard InChI is InChI=1S/C19H30FN3O.2ClH/c1-23(2)17(15-6-8-16(20)9-7-15)13-22-18(24)12-19(14-21)10-4-3-5-11-19;;/h6-9,17H,3-5,10-14,21H2,1-2H3,(H,22,24);2*1H. The Hall–Kier alpha value is -0.880. The van der Waals surface area contributed by atoms with Crippen molar-refractivity contribution < 1.29 is 9.18 Å². The number of carbonyl (C=O) groups excluding carboxylic acids is 1. The molecule has 2 rings (SSSR count). The van der Waals surface area contributed by atoms with Crippen molar-refractivity contribution in [3.8, 4) is 0 Å². The summed E-state index contributed by atoms with van der Waals surface area (Å²) < 4.78 is 13.1. The number of carbonyl (C=O) groups is 1. The summed E-state index contributed by atoms with van der Waals surface area (Å²) in [5.41, 5.74) is 6.94. The van der Waals surface area contributed by atoms with E-state index in [2.05, 4.69) is 5.32 Å². The van der Waals surface area contributed by atoms with Gasteiger partial charge in [0.25, 0.3) is 0 Å². The second-order valence-corrected chi connectivity index (χ2v) is 7.28. The molecule has 1 saturated carbocycles. The molecule has 1 unspecified atom stereocenters. The Morgan fingerprint density at radius 1 is 1.19 bits per heavy atom. The summed E-state index contributed by atoms with van der Waals surface area (Å²) in [6, 6.07) is 6.48. The van der Waals surface area contributed by atoms with Gasteiger partial charge in [-0.1, -0.05) is 31.4 Å². The molecule has 1 aliphatic rings. The lowest BCUT2D eigenvalue weighted by Gasteiger charge is -2.36. The maximum absolute atomic E-state index is 13.1. The van der Waals surface area contributed by atoms with E-state index in [4.69, 9.17) is 5.73 Å². The number of hydrogen-bond acceptors (Lipinski definition) is 3. The Balaban J connectivity index is 0.00000312. The van der Waals surface area contributed by atoms with Crippen LogP contribution in [-0.2, 0) is 4.79 Å². The molecule has 1 aromatic carbocycles. The van der Waals surface area contributed by atoms with Crippen LogP contribution in [0.15, 0.2) is 24.3 Å². The molecule has 1 atom stereocenters. The summed E-state index contributed by atoms with van der Waals surface area (Å²) in [4.78, 5) is 14.5. The second-order valence-electron chi connectivity index (χ2n) is 7.28. The van der Waals surface area contributed by atoms with E-state index < -0.39 is 0 Å². The Labute approximate surface area is 168 Å². The molecule has 4 nitrogen and oxygen atoms in total. The third-order valence-corrected chi connectivity index (χ3v) is 5.25. The molecule has 0 aliphatic heterocycles. The highest BCUT2D eigenvalue weighted by Crippen LogP contribution is 2.38. The van der Waals surface area contributed by atoms with Gasteiger partial charge in [0.05, 0.1) is 6.04 Å². The number of nitrogens with two attached hydrogens (primary N) is 1. The van der Waals surface area contributed by atoms with Crippen molar-refractivity contribution in [2.45, 2.75) is 44.6 Å². The minimum atomic E-state index is -0.248. The van der Waals surface area contributed by atoms with Gasteiger partial charge in [-0.15, -0.1) is 24.8 Å². The molecule has 26 heavy (non-hydrogen) atoms. The summed E-state index contributed by atoms with van der Waals surface area (Å²) in [6.07, 6.45) is 6.18. The third-order valence-electron chi connectivity index (χ3n) is 5.25. The van der Waals surface area contributed by atoms with Crippen molar-refractivity contribution in [3.05, 3.63) is 35.6 Å². The van der Waals surface area contributed by atoms with Crippen molar-refractivity contribution in [3.63, 3.8) is 0 Å². The first-order valence-electron chi connectivity index (χ1n) is 8.84. The highest BCUT2D eigenvalue weighted by atomic mass is 35.5. The molecule has 3 N–H and O–H groups in total. The lowest BCUT2D eigenvalue weighted by atomic mass is 9.71. The van der Waals surface area contributed by atoms with Crippen LogP contribution in [0.5, 0.6) is 0 Å². The Bertz CT molecular complexity index is 534. The summed E-state index contributed by atoms with van der Waals surface area (Å²) >= 11 is 0. The lowest BCUT2D eigenvalue weighted by molar-refractivity contribution is -0.124. The van der Waals surface area contributed by atoms with Crippen LogP contribution in [0.1, 0.15) is 50.1 Å². The Morgan fingerprint density at radius 2 is 1.77 bits per heavy atom. The molecule has 0 spiro atoms. The van der Waals surface area contributed by atoms with E-state index >= 15 is 0 Å². The van der Waals surface area contributed by atoms with E-state index in [1.54, 1.807) is 12.1 Å². The first-order valence-corrected chi connectivity index (χ1v) is 8.84. The number of hydrogen-bond donors (Lipinski definition) is 2. The molecule has 1 amide bonds. The second kappa shape index (κ2) is 11.8. The van der Waals surface area contributed by atoms with Crippen LogP contribution < -0.4 is 11.1 Å². The van der Waals surface area contributed by atoms with Crippen LogP contribution in [-0.4, -0.2) is 38.0 Å². The Morgan fingerprint density at radius 3 is 2.27 bits per heavy atom. The maximum atomic E-state index is 13.1. The molecular weight excluding hydrogens is 376 g/mol. The zero-order valence-electron chi connectivity index (χ0n) is 15.7. The van der Waals surface area contributed by atoms with Crippen molar-refractivity contribution in [2.75, 3.05) is 27.2 Å². The van der Waals surface area contributed by atoms with Crippen molar-refractivity contribution in [1.29, 1.82) is 0 Å². The molecule has 0 heterocycles. The van der Waals surface area contributed by atoms with Crippen LogP contribution in [0.25, 0.3) is 0 Å². The molecule has 0 saturated heterocycles. The quantitative estimate of drug-likeness (QED) is 0.724. The maximum Gasteiger partial charge on any atom is 0.220 e. The van der Waals surface area contributed by atoms with Gasteiger partial charge in [-0.2, -0.15) is 0 Å². The third kappa shape index (κ3) is 7.03. The number of likely N-dealkylation sites (N-methyl/N-ethyl adjacent to an activating group) is 1. The number of nitrogens with zero attached hydrogens (tertiary/aromatic N) is 1. The highest BCUT2D eigenvalue weighted by Gasteiger charge is 2.33. The van der Waals surface area contributed by atoms with Gasteiger partial charge in [-0.05, 0) is 56.6 Å². The van der Waals surface area contributed by atoms with Crippen LogP contribution in [0, 0.1) is 11.2 Å². The zero-order chi connectivity index (χ0) is 17.6. The van der Waals surface area contributed by atoms with Gasteiger partial charge >= 0.3 is 0 Å². The van der Waals surface area contributed by atoms with Gasteiger partial charge in [0.2, 0.25) is 5.91 Å². The fourth-order valence-corrected chi connectivity index (χ4v) is 3.65. The molecular formula is C19H32Cl2FN3O. The fraction of sp³-hybridized carbons (Fsp3) is 0.632. The lowest BCUT2D eigenvalue weighted by Crippen LogP contribution is -2.41. The topological polar surface area (TPSA) is 58.4 Å². The monoisotopic (exact) mass is 407 g/mol. The first-order chi connectivity index (χ1) is 11.5. The van der Waals surface area contributed by atoms with E-state index in [-0.39, 0.29) is 48.0 Å². The average molecular weight is 408 g/mol. The van der Waals surface area contributed by atoms with Gasteiger partial charge in [0.1, 0.15) is 5.82 Å². The van der Waals surface area contributed by atoms with E-state index in [9.17, 15) is 9.18 Å². The molecule has 0 bridgehead atoms. The molecule has 1 aromatic rings. The number of benzene rings is 1.